The van der Waals surface area contributed by atoms with Gasteiger partial charge in [-0.05, 0) is 18.6 Å². The van der Waals surface area contributed by atoms with Crippen molar-refractivity contribution < 1.29 is 9.53 Å². The van der Waals surface area contributed by atoms with Crippen molar-refractivity contribution in [2.24, 2.45) is 0 Å². The number of thioether (sulfide) groups is 1. The van der Waals surface area contributed by atoms with E-state index in [4.69, 9.17) is 4.74 Å². The van der Waals surface area contributed by atoms with Crippen LogP contribution in [0.4, 0.5) is 0 Å². The van der Waals surface area contributed by atoms with Crippen molar-refractivity contribution in [2.45, 2.75) is 45.3 Å². The average Bonchev–Trinajstić information content (AvgIpc) is 2.16. The zero-order valence-corrected chi connectivity index (χ0v) is 9.65. The molecule has 2 nitrogen and oxygen atoms in total. The number of rotatable bonds is 7. The van der Waals surface area contributed by atoms with Crippen LogP contribution in [0.3, 0.4) is 0 Å². The Bertz CT molecular complexity index is 137. The molecule has 0 saturated carbocycles. The Morgan fingerprint density at radius 2 is 2.15 bits per heavy atom. The second-order valence-electron chi connectivity index (χ2n) is 3.02. The molecule has 0 spiro atoms. The highest BCUT2D eigenvalue weighted by molar-refractivity contribution is 7.99. The largest absolute Gasteiger partial charge is 0.466 e. The zero-order valence-electron chi connectivity index (χ0n) is 8.84. The zero-order chi connectivity index (χ0) is 10.1. The maximum atomic E-state index is 10.7. The number of hydrogen-bond donors (Lipinski definition) is 0. The van der Waals surface area contributed by atoms with E-state index in [-0.39, 0.29) is 5.97 Å². The monoisotopic (exact) mass is 204 g/mol. The van der Waals surface area contributed by atoms with Crippen LogP contribution in [0.1, 0.15) is 40.0 Å². The molecule has 0 aromatic carbocycles. The maximum Gasteiger partial charge on any atom is 0.305 e. The molecule has 78 valence electrons. The van der Waals surface area contributed by atoms with Crippen molar-refractivity contribution in [3.05, 3.63) is 0 Å². The van der Waals surface area contributed by atoms with E-state index in [1.807, 2.05) is 18.7 Å². The number of esters is 1. The molecule has 0 fully saturated rings. The van der Waals surface area contributed by atoms with Gasteiger partial charge in [0.05, 0.1) is 6.61 Å². The fourth-order valence-electron chi connectivity index (χ4n) is 0.749. The fourth-order valence-corrected chi connectivity index (χ4v) is 1.67. The van der Waals surface area contributed by atoms with E-state index in [1.54, 1.807) is 0 Å². The van der Waals surface area contributed by atoms with Gasteiger partial charge in [-0.2, -0.15) is 11.8 Å². The average molecular weight is 204 g/mol. The quantitative estimate of drug-likeness (QED) is 0.471. The molecule has 0 aromatic heterocycles. The van der Waals surface area contributed by atoms with Crippen molar-refractivity contribution in [1.82, 2.24) is 0 Å². The van der Waals surface area contributed by atoms with Gasteiger partial charge in [0.15, 0.2) is 0 Å². The van der Waals surface area contributed by atoms with E-state index in [0.717, 1.165) is 17.4 Å². The van der Waals surface area contributed by atoms with Crippen LogP contribution in [-0.2, 0) is 9.53 Å². The lowest BCUT2D eigenvalue weighted by molar-refractivity contribution is -0.143. The predicted molar refractivity (Wildman–Crippen MR) is 58.1 cm³/mol. The summed E-state index contributed by atoms with van der Waals surface area (Å²) in [4.78, 5) is 10.7. The van der Waals surface area contributed by atoms with Gasteiger partial charge >= 0.3 is 5.97 Å². The molecule has 0 aliphatic carbocycles. The highest BCUT2D eigenvalue weighted by atomic mass is 32.2. The van der Waals surface area contributed by atoms with Crippen LogP contribution in [0, 0.1) is 0 Å². The summed E-state index contributed by atoms with van der Waals surface area (Å²) in [5, 5.41) is 0.724. The lowest BCUT2D eigenvalue weighted by Gasteiger charge is -2.07. The van der Waals surface area contributed by atoms with Crippen LogP contribution < -0.4 is 0 Å². The predicted octanol–water partition coefficient (Wildman–Crippen LogP) is 2.86. The molecule has 0 aliphatic heterocycles. The van der Waals surface area contributed by atoms with Gasteiger partial charge in [0.2, 0.25) is 0 Å². The first-order valence-corrected chi connectivity index (χ1v) is 6.02. The Balaban J connectivity index is 3.12. The number of hydrogen-bond acceptors (Lipinski definition) is 3. The Kier molecular flexibility index (Phi) is 8.30. The second-order valence-corrected chi connectivity index (χ2v) is 4.56. The van der Waals surface area contributed by atoms with Gasteiger partial charge in [-0.1, -0.05) is 20.8 Å². The lowest BCUT2D eigenvalue weighted by atomic mass is 10.4. The maximum absolute atomic E-state index is 10.7. The Hall–Kier alpha value is -0.180. The first kappa shape index (κ1) is 12.8. The van der Waals surface area contributed by atoms with Crippen LogP contribution in [0.15, 0.2) is 0 Å². The second kappa shape index (κ2) is 8.42. The summed E-state index contributed by atoms with van der Waals surface area (Å²) >= 11 is 1.94. The van der Waals surface area contributed by atoms with Crippen LogP contribution in [0.2, 0.25) is 0 Å². The van der Waals surface area contributed by atoms with Gasteiger partial charge in [-0.15, -0.1) is 0 Å². The molecule has 1 unspecified atom stereocenters. The number of carbonyl (C=O) groups excluding carboxylic acids is 1. The first-order valence-electron chi connectivity index (χ1n) is 4.97. The Morgan fingerprint density at radius 1 is 1.46 bits per heavy atom. The van der Waals surface area contributed by atoms with Crippen molar-refractivity contribution in [2.75, 3.05) is 12.4 Å². The molecular weight excluding hydrogens is 184 g/mol. The number of ether oxygens (including phenoxy) is 1. The van der Waals surface area contributed by atoms with Crippen LogP contribution in [0.25, 0.3) is 0 Å². The molecule has 0 aliphatic rings. The molecule has 0 radical (unpaired) electrons. The van der Waals surface area contributed by atoms with E-state index >= 15 is 0 Å². The molecule has 3 heteroatoms. The van der Waals surface area contributed by atoms with E-state index in [9.17, 15) is 4.79 Å². The minimum atomic E-state index is -0.0893. The van der Waals surface area contributed by atoms with Crippen LogP contribution in [-0.4, -0.2) is 23.6 Å². The highest BCUT2D eigenvalue weighted by Crippen LogP contribution is 2.14. The Labute approximate surface area is 85.4 Å². The van der Waals surface area contributed by atoms with E-state index in [2.05, 4.69) is 13.8 Å². The molecule has 0 N–H and O–H groups in total. The van der Waals surface area contributed by atoms with Crippen molar-refractivity contribution in [3.8, 4) is 0 Å². The summed E-state index contributed by atoms with van der Waals surface area (Å²) in [5.41, 5.74) is 0. The SMILES string of the molecule is CCC(=O)OCCCSC(C)CC. The third-order valence-corrected chi connectivity index (χ3v) is 3.24. The van der Waals surface area contributed by atoms with Gasteiger partial charge in [0, 0.05) is 11.7 Å². The van der Waals surface area contributed by atoms with Gasteiger partial charge in [0.25, 0.3) is 0 Å². The lowest BCUT2D eigenvalue weighted by Crippen LogP contribution is -2.05. The summed E-state index contributed by atoms with van der Waals surface area (Å²) < 4.78 is 4.95. The van der Waals surface area contributed by atoms with Crippen LogP contribution >= 0.6 is 11.8 Å². The minimum Gasteiger partial charge on any atom is -0.466 e. The standard InChI is InChI=1S/C10H20O2S/c1-4-9(3)13-8-6-7-12-10(11)5-2/h9H,4-8H2,1-3H3. The topological polar surface area (TPSA) is 26.3 Å². The molecule has 0 saturated heterocycles. The molecule has 0 aromatic rings. The van der Waals surface area contributed by atoms with Gasteiger partial charge < -0.3 is 4.74 Å². The van der Waals surface area contributed by atoms with Gasteiger partial charge in [-0.25, -0.2) is 0 Å². The summed E-state index contributed by atoms with van der Waals surface area (Å²) in [6.07, 6.45) is 2.67. The minimum absolute atomic E-state index is 0.0893. The Morgan fingerprint density at radius 3 is 2.69 bits per heavy atom. The van der Waals surface area contributed by atoms with Gasteiger partial charge in [0.1, 0.15) is 0 Å². The summed E-state index contributed by atoms with van der Waals surface area (Å²) in [5.74, 6) is 1.000. The molecule has 0 heterocycles. The first-order chi connectivity index (χ1) is 6.20. The molecule has 13 heavy (non-hydrogen) atoms. The van der Waals surface area contributed by atoms with E-state index in [1.165, 1.54) is 6.42 Å². The summed E-state index contributed by atoms with van der Waals surface area (Å²) in [6, 6.07) is 0. The number of carbonyl (C=O) groups is 1. The van der Waals surface area contributed by atoms with Crippen LogP contribution in [0.5, 0.6) is 0 Å². The van der Waals surface area contributed by atoms with Gasteiger partial charge in [-0.3, -0.25) is 4.79 Å². The van der Waals surface area contributed by atoms with E-state index < -0.39 is 0 Å². The molecule has 0 rings (SSSR count). The molecule has 0 bridgehead atoms. The smallest absolute Gasteiger partial charge is 0.305 e. The highest BCUT2D eigenvalue weighted by Gasteiger charge is 2.00. The molecular formula is C10H20O2S. The fraction of sp³-hybridized carbons (Fsp3) is 0.900. The van der Waals surface area contributed by atoms with Crippen molar-refractivity contribution >= 4 is 17.7 Å². The van der Waals surface area contributed by atoms with Crippen molar-refractivity contribution in [3.63, 3.8) is 0 Å². The summed E-state index contributed by atoms with van der Waals surface area (Å²) in [6.45, 7) is 6.81. The molecule has 1 atom stereocenters. The third-order valence-electron chi connectivity index (χ3n) is 1.82. The van der Waals surface area contributed by atoms with E-state index in [0.29, 0.717) is 13.0 Å². The van der Waals surface area contributed by atoms with Crippen molar-refractivity contribution in [1.29, 1.82) is 0 Å². The third kappa shape index (κ3) is 8.16. The normalized spacial score (nSPS) is 12.5. The summed E-state index contributed by atoms with van der Waals surface area (Å²) in [7, 11) is 0. The molecule has 0 amide bonds.